The number of benzene rings is 3. The van der Waals surface area contributed by atoms with E-state index < -0.39 is 11.7 Å². The third kappa shape index (κ3) is 5.84. The lowest BCUT2D eigenvalue weighted by Crippen LogP contribution is -2.40. The first kappa shape index (κ1) is 29.2. The Morgan fingerprint density at radius 3 is 2.73 bits per heavy atom. The molecule has 228 valence electrons. The van der Waals surface area contributed by atoms with E-state index in [9.17, 15) is 14.0 Å². The zero-order valence-electron chi connectivity index (χ0n) is 25.0. The van der Waals surface area contributed by atoms with E-state index in [0.29, 0.717) is 61.8 Å². The van der Waals surface area contributed by atoms with Crippen LogP contribution in [0.5, 0.6) is 23.0 Å². The minimum absolute atomic E-state index is 0.0380. The van der Waals surface area contributed by atoms with Gasteiger partial charge in [0.05, 0.1) is 31.0 Å². The standard InChI is InChI=1S/C34H35FN4O5/c1-20-21(2)37-38-29(20)10-12-32(40)39-15-13-22-17-24-6-8-26(22)33(39)23-5-11-30(42-3)31(18-23)43-16-4-14-36-34(41)27-19-25(44-24)7-9-28(27)35/h5-9,11,17-19,33H,4,10,12-16H2,1-3H3,(H,36,41)(H,37,38). The minimum Gasteiger partial charge on any atom is -0.493 e. The molecular formula is C34H35FN4O5. The molecule has 7 rings (SSSR count). The van der Waals surface area contributed by atoms with E-state index >= 15 is 0 Å². The molecule has 0 radical (unpaired) electrons. The van der Waals surface area contributed by atoms with Crippen molar-refractivity contribution in [3.63, 3.8) is 0 Å². The van der Waals surface area contributed by atoms with Crippen LogP contribution in [-0.4, -0.2) is 53.7 Å². The molecule has 4 heterocycles. The molecule has 1 aromatic heterocycles. The van der Waals surface area contributed by atoms with Gasteiger partial charge in [-0.3, -0.25) is 14.7 Å². The molecule has 1 unspecified atom stereocenters. The van der Waals surface area contributed by atoms with Gasteiger partial charge in [0.15, 0.2) is 11.5 Å². The largest absolute Gasteiger partial charge is 0.493 e. The van der Waals surface area contributed by atoms with E-state index in [-0.39, 0.29) is 24.1 Å². The molecule has 0 aliphatic carbocycles. The number of halogens is 1. The molecule has 0 saturated heterocycles. The van der Waals surface area contributed by atoms with Crippen molar-refractivity contribution >= 4 is 11.8 Å². The van der Waals surface area contributed by atoms with Gasteiger partial charge in [-0.1, -0.05) is 12.1 Å². The summed E-state index contributed by atoms with van der Waals surface area (Å²) in [5.74, 6) is 0.905. The number of hydrogen-bond acceptors (Lipinski definition) is 6. The fourth-order valence-electron chi connectivity index (χ4n) is 5.85. The number of nitrogens with one attached hydrogen (secondary N) is 2. The van der Waals surface area contributed by atoms with Crippen LogP contribution in [0.2, 0.25) is 0 Å². The average Bonchev–Trinajstić information content (AvgIpc) is 3.35. The van der Waals surface area contributed by atoms with Gasteiger partial charge in [0.25, 0.3) is 5.91 Å². The highest BCUT2D eigenvalue weighted by atomic mass is 19.1. The summed E-state index contributed by atoms with van der Waals surface area (Å²) in [6.45, 7) is 5.09. The summed E-state index contributed by atoms with van der Waals surface area (Å²) in [5, 5.41) is 10.2. The predicted molar refractivity (Wildman–Crippen MR) is 162 cm³/mol. The summed E-state index contributed by atoms with van der Waals surface area (Å²) in [7, 11) is 1.58. The molecule has 10 heteroatoms. The summed E-state index contributed by atoms with van der Waals surface area (Å²) < 4.78 is 32.3. The van der Waals surface area contributed by atoms with Crippen molar-refractivity contribution in [3.8, 4) is 23.0 Å². The van der Waals surface area contributed by atoms with Gasteiger partial charge in [-0.2, -0.15) is 5.10 Å². The maximum Gasteiger partial charge on any atom is 0.254 e. The number of H-pyrrole nitrogens is 1. The Bertz CT molecular complexity index is 1720. The van der Waals surface area contributed by atoms with Crippen molar-refractivity contribution < 1.29 is 28.2 Å². The van der Waals surface area contributed by atoms with Gasteiger partial charge in [-0.25, -0.2) is 4.39 Å². The zero-order valence-corrected chi connectivity index (χ0v) is 25.0. The fourth-order valence-corrected chi connectivity index (χ4v) is 5.85. The van der Waals surface area contributed by atoms with Gasteiger partial charge in [0, 0.05) is 31.6 Å². The lowest BCUT2D eigenvalue weighted by atomic mass is 9.87. The first-order chi connectivity index (χ1) is 21.3. The van der Waals surface area contributed by atoms with E-state index in [4.69, 9.17) is 14.2 Å². The van der Waals surface area contributed by atoms with Gasteiger partial charge < -0.3 is 24.4 Å². The van der Waals surface area contributed by atoms with E-state index in [1.165, 1.54) is 18.2 Å². The number of ether oxygens (including phenoxy) is 3. The van der Waals surface area contributed by atoms with Crippen LogP contribution >= 0.6 is 0 Å². The Morgan fingerprint density at radius 2 is 1.93 bits per heavy atom. The lowest BCUT2D eigenvalue weighted by molar-refractivity contribution is -0.133. The monoisotopic (exact) mass is 598 g/mol. The SMILES string of the molecule is COc1ccc2cc1OCCCNC(=O)c1cc(ccc1F)Oc1ccc3c(c1)CCN(C(=O)CCc1n[nH]c(C)c1C)C23. The Labute approximate surface area is 255 Å². The van der Waals surface area contributed by atoms with Gasteiger partial charge in [-0.15, -0.1) is 0 Å². The number of carbonyl (C=O) groups excluding carboxylic acids is 2. The first-order valence-electron chi connectivity index (χ1n) is 14.8. The molecule has 0 saturated carbocycles. The molecule has 3 aromatic carbocycles. The summed E-state index contributed by atoms with van der Waals surface area (Å²) in [5.41, 5.74) is 5.82. The molecule has 3 aliphatic rings. The number of carbonyl (C=O) groups is 2. The number of nitrogens with zero attached hydrogens (tertiary/aromatic N) is 2. The topological polar surface area (TPSA) is 106 Å². The number of rotatable bonds is 4. The molecule has 2 N–H and O–H groups in total. The minimum atomic E-state index is -0.627. The molecule has 44 heavy (non-hydrogen) atoms. The molecule has 4 aromatic rings. The number of methoxy groups -OCH3 is 1. The Kier molecular flexibility index (Phi) is 8.23. The second-order valence-corrected chi connectivity index (χ2v) is 11.1. The number of aromatic amines is 1. The van der Waals surface area contributed by atoms with Gasteiger partial charge in [0.1, 0.15) is 17.3 Å². The summed E-state index contributed by atoms with van der Waals surface area (Å²) in [6, 6.07) is 15.3. The molecule has 0 fully saturated rings. The third-order valence-corrected chi connectivity index (χ3v) is 8.38. The van der Waals surface area contributed by atoms with Gasteiger partial charge >= 0.3 is 0 Å². The van der Waals surface area contributed by atoms with Crippen molar-refractivity contribution in [3.05, 3.63) is 99.6 Å². The first-order valence-corrected chi connectivity index (χ1v) is 14.8. The van der Waals surface area contributed by atoms with E-state index in [0.717, 1.165) is 33.6 Å². The number of amides is 2. The molecule has 2 amide bonds. The quantitative estimate of drug-likeness (QED) is 0.318. The highest BCUT2D eigenvalue weighted by Gasteiger charge is 2.33. The van der Waals surface area contributed by atoms with Crippen LogP contribution in [0.3, 0.4) is 0 Å². The van der Waals surface area contributed by atoms with Crippen LogP contribution in [-0.2, 0) is 17.6 Å². The van der Waals surface area contributed by atoms with Crippen LogP contribution in [0, 0.1) is 19.7 Å². The Morgan fingerprint density at radius 1 is 1.11 bits per heavy atom. The van der Waals surface area contributed by atoms with Crippen molar-refractivity contribution in [2.24, 2.45) is 0 Å². The molecule has 1 atom stereocenters. The second-order valence-electron chi connectivity index (χ2n) is 11.1. The maximum atomic E-state index is 14.5. The lowest BCUT2D eigenvalue weighted by Gasteiger charge is -2.38. The molecular weight excluding hydrogens is 563 g/mol. The van der Waals surface area contributed by atoms with Crippen LogP contribution in [0.4, 0.5) is 4.39 Å². The number of aryl methyl sites for hydroxylation is 2. The molecule has 3 aliphatic heterocycles. The number of hydrogen-bond donors (Lipinski definition) is 2. The predicted octanol–water partition coefficient (Wildman–Crippen LogP) is 5.59. The Balaban J connectivity index is 1.39. The summed E-state index contributed by atoms with van der Waals surface area (Å²) in [6.07, 6.45) is 2.00. The van der Waals surface area contributed by atoms with Gasteiger partial charge in [-0.05, 0) is 91.4 Å². The fraction of sp³-hybridized carbons (Fsp3) is 0.324. The normalized spacial score (nSPS) is 16.3. The summed E-state index contributed by atoms with van der Waals surface area (Å²) >= 11 is 0. The van der Waals surface area contributed by atoms with E-state index in [1.54, 1.807) is 7.11 Å². The van der Waals surface area contributed by atoms with Crippen LogP contribution in [0.25, 0.3) is 0 Å². The smallest absolute Gasteiger partial charge is 0.254 e. The zero-order chi connectivity index (χ0) is 30.8. The van der Waals surface area contributed by atoms with Crippen molar-refractivity contribution in [2.75, 3.05) is 26.8 Å². The molecule has 8 bridgehead atoms. The van der Waals surface area contributed by atoms with Crippen molar-refractivity contribution in [1.29, 1.82) is 0 Å². The Hall–Kier alpha value is -4.86. The number of aromatic nitrogens is 2. The third-order valence-electron chi connectivity index (χ3n) is 8.38. The maximum absolute atomic E-state index is 14.5. The van der Waals surface area contributed by atoms with Crippen molar-refractivity contribution in [2.45, 2.75) is 45.6 Å². The molecule has 0 spiro atoms. The highest BCUT2D eigenvalue weighted by Crippen LogP contribution is 2.41. The highest BCUT2D eigenvalue weighted by molar-refractivity contribution is 5.94. The van der Waals surface area contributed by atoms with Crippen molar-refractivity contribution in [1.82, 2.24) is 20.4 Å². The number of fused-ring (bicyclic) bond motifs is 6. The average molecular weight is 599 g/mol. The van der Waals surface area contributed by atoms with E-state index in [1.807, 2.05) is 55.1 Å². The van der Waals surface area contributed by atoms with E-state index in [2.05, 4.69) is 15.5 Å². The van der Waals surface area contributed by atoms with Crippen LogP contribution < -0.4 is 19.5 Å². The van der Waals surface area contributed by atoms with Crippen LogP contribution in [0.1, 0.15) is 62.9 Å². The molecule has 9 nitrogen and oxygen atoms in total. The second kappa shape index (κ2) is 12.4. The summed E-state index contributed by atoms with van der Waals surface area (Å²) in [4.78, 5) is 28.5. The van der Waals surface area contributed by atoms with Crippen LogP contribution in [0.15, 0.2) is 54.6 Å². The van der Waals surface area contributed by atoms with Gasteiger partial charge in [0.2, 0.25) is 5.91 Å².